The zero-order valence-corrected chi connectivity index (χ0v) is 19.2. The molecule has 4 rings (SSSR count). The van der Waals surface area contributed by atoms with Crippen molar-refractivity contribution in [3.63, 3.8) is 0 Å². The predicted octanol–water partition coefficient (Wildman–Crippen LogP) is 3.77. The molecule has 2 aromatic heterocycles. The largest absolute Gasteiger partial charge is 0.465 e. The van der Waals surface area contributed by atoms with E-state index < -0.39 is 21.9 Å². The molecule has 0 bridgehead atoms. The number of pyridine rings is 1. The van der Waals surface area contributed by atoms with E-state index >= 15 is 0 Å². The quantitative estimate of drug-likeness (QED) is 0.470. The lowest BCUT2D eigenvalue weighted by molar-refractivity contribution is 0.126. The zero-order valence-electron chi connectivity index (χ0n) is 15.4. The molecular weight excluding hydrogens is 546 g/mol. The van der Waals surface area contributed by atoms with Crippen LogP contribution >= 0.6 is 33.9 Å². The highest BCUT2D eigenvalue weighted by Crippen LogP contribution is 2.41. The fraction of sp³-hybridized carbons (Fsp3) is 0.222. The molecule has 3 heterocycles. The Morgan fingerprint density at radius 2 is 1.97 bits per heavy atom. The Morgan fingerprint density at radius 3 is 2.63 bits per heavy atom. The number of thiophene rings is 1. The van der Waals surface area contributed by atoms with E-state index in [0.29, 0.717) is 10.2 Å². The fourth-order valence-electron chi connectivity index (χ4n) is 3.21. The second kappa shape index (κ2) is 8.24. The molecule has 0 radical (unpaired) electrons. The maximum absolute atomic E-state index is 14.4. The number of carboxylic acid groups (broad SMARTS) is 1. The number of anilines is 2. The standard InChI is InChI=1S/C18H16FIN4O4S2/c19-13-10-11(20)3-4-14(13)22-17-15(12-2-1-5-21-16(12)29-17)30(27,28)24-8-6-23(7-9-24)18(25)26/h1-5,10,22H,6-9H2,(H,25,26). The first-order valence-electron chi connectivity index (χ1n) is 8.85. The van der Waals surface area contributed by atoms with Crippen molar-refractivity contribution in [2.75, 3.05) is 31.5 Å². The van der Waals surface area contributed by atoms with E-state index in [0.717, 1.165) is 14.9 Å². The molecule has 12 heteroatoms. The topological polar surface area (TPSA) is 103 Å². The first-order valence-corrected chi connectivity index (χ1v) is 12.2. The molecule has 1 aliphatic rings. The van der Waals surface area contributed by atoms with Crippen LogP contribution in [0, 0.1) is 9.39 Å². The summed E-state index contributed by atoms with van der Waals surface area (Å²) < 4.78 is 43.4. The number of aromatic nitrogens is 1. The lowest BCUT2D eigenvalue weighted by atomic mass is 10.3. The summed E-state index contributed by atoms with van der Waals surface area (Å²) in [7, 11) is -3.97. The molecule has 1 aromatic carbocycles. The monoisotopic (exact) mass is 562 g/mol. The van der Waals surface area contributed by atoms with Crippen molar-refractivity contribution in [2.24, 2.45) is 0 Å². The van der Waals surface area contributed by atoms with Gasteiger partial charge < -0.3 is 15.3 Å². The first kappa shape index (κ1) is 21.2. The number of amides is 1. The summed E-state index contributed by atoms with van der Waals surface area (Å²) in [5, 5.41) is 12.7. The number of hydrogen-bond acceptors (Lipinski definition) is 6. The van der Waals surface area contributed by atoms with Crippen LogP contribution in [-0.4, -0.2) is 60.0 Å². The molecule has 8 nitrogen and oxygen atoms in total. The van der Waals surface area contributed by atoms with Crippen LogP contribution in [0.15, 0.2) is 41.4 Å². The number of nitrogens with zero attached hydrogens (tertiary/aromatic N) is 3. The molecule has 0 atom stereocenters. The molecule has 1 saturated heterocycles. The summed E-state index contributed by atoms with van der Waals surface area (Å²) in [5.41, 5.74) is 0.161. The molecule has 0 spiro atoms. The summed E-state index contributed by atoms with van der Waals surface area (Å²) in [6, 6.07) is 7.93. The van der Waals surface area contributed by atoms with Gasteiger partial charge >= 0.3 is 6.09 Å². The fourth-order valence-corrected chi connectivity index (χ4v) is 6.75. The maximum Gasteiger partial charge on any atom is 0.407 e. The third-order valence-corrected chi connectivity index (χ3v) is 8.52. The maximum atomic E-state index is 14.4. The van der Waals surface area contributed by atoms with E-state index in [1.165, 1.54) is 15.3 Å². The SMILES string of the molecule is O=C(O)N1CCN(S(=O)(=O)c2c(Nc3ccc(I)cc3F)sc3ncccc23)CC1. The third kappa shape index (κ3) is 3.96. The van der Waals surface area contributed by atoms with Crippen LogP contribution < -0.4 is 5.32 Å². The third-order valence-electron chi connectivity index (χ3n) is 4.71. The second-order valence-corrected chi connectivity index (χ2v) is 10.7. The number of fused-ring (bicyclic) bond motifs is 1. The first-order chi connectivity index (χ1) is 14.3. The molecule has 1 fully saturated rings. The lowest BCUT2D eigenvalue weighted by Crippen LogP contribution is -2.50. The highest BCUT2D eigenvalue weighted by atomic mass is 127. The van der Waals surface area contributed by atoms with Crippen LogP contribution in [0.25, 0.3) is 10.2 Å². The van der Waals surface area contributed by atoms with Gasteiger partial charge in [-0.3, -0.25) is 0 Å². The van der Waals surface area contributed by atoms with E-state index in [2.05, 4.69) is 10.3 Å². The summed E-state index contributed by atoms with van der Waals surface area (Å²) in [5.74, 6) is -0.495. The van der Waals surface area contributed by atoms with Crippen molar-refractivity contribution in [3.05, 3.63) is 45.9 Å². The number of benzene rings is 1. The van der Waals surface area contributed by atoms with E-state index in [9.17, 15) is 17.6 Å². The Balaban J connectivity index is 1.76. The number of piperazine rings is 1. The molecule has 0 aliphatic carbocycles. The average molecular weight is 562 g/mol. The van der Waals surface area contributed by atoms with Gasteiger partial charge in [-0.2, -0.15) is 4.31 Å². The van der Waals surface area contributed by atoms with Crippen molar-refractivity contribution in [3.8, 4) is 0 Å². The molecule has 158 valence electrons. The lowest BCUT2D eigenvalue weighted by Gasteiger charge is -2.32. The van der Waals surface area contributed by atoms with Gasteiger partial charge in [-0.25, -0.2) is 22.6 Å². The minimum atomic E-state index is -3.97. The van der Waals surface area contributed by atoms with Crippen LogP contribution in [0.2, 0.25) is 0 Å². The molecule has 0 unspecified atom stereocenters. The number of rotatable bonds is 4. The number of carbonyl (C=O) groups is 1. The van der Waals surface area contributed by atoms with Gasteiger partial charge in [0.05, 0.1) is 5.69 Å². The van der Waals surface area contributed by atoms with Gasteiger partial charge in [-0.05, 0) is 52.9 Å². The number of sulfonamides is 1. The summed E-state index contributed by atoms with van der Waals surface area (Å²) in [4.78, 5) is 17.1. The van der Waals surface area contributed by atoms with Crippen LogP contribution in [0.4, 0.5) is 19.9 Å². The van der Waals surface area contributed by atoms with Gasteiger partial charge in [0.2, 0.25) is 10.0 Å². The van der Waals surface area contributed by atoms with Gasteiger partial charge in [0.1, 0.15) is 20.5 Å². The van der Waals surface area contributed by atoms with Gasteiger partial charge in [0, 0.05) is 41.3 Å². The van der Waals surface area contributed by atoms with Crippen molar-refractivity contribution >= 4 is 70.9 Å². The minimum absolute atomic E-state index is 0.0253. The van der Waals surface area contributed by atoms with Crippen LogP contribution in [0.1, 0.15) is 0 Å². The Kier molecular flexibility index (Phi) is 5.83. The van der Waals surface area contributed by atoms with E-state index in [1.54, 1.807) is 30.5 Å². The molecule has 1 aliphatic heterocycles. The van der Waals surface area contributed by atoms with E-state index in [1.807, 2.05) is 22.6 Å². The smallest absolute Gasteiger partial charge is 0.407 e. The average Bonchev–Trinajstić information content (AvgIpc) is 3.09. The van der Waals surface area contributed by atoms with Gasteiger partial charge in [-0.15, -0.1) is 0 Å². The molecule has 3 aromatic rings. The summed E-state index contributed by atoms with van der Waals surface area (Å²) in [6.07, 6.45) is 0.490. The van der Waals surface area contributed by atoms with E-state index in [4.69, 9.17) is 5.11 Å². The highest BCUT2D eigenvalue weighted by molar-refractivity contribution is 14.1. The van der Waals surface area contributed by atoms with Crippen molar-refractivity contribution in [1.29, 1.82) is 0 Å². The Hall–Kier alpha value is -2.03. The summed E-state index contributed by atoms with van der Waals surface area (Å²) in [6.45, 7) is 0.264. The molecule has 2 N–H and O–H groups in total. The molecule has 0 saturated carbocycles. The van der Waals surface area contributed by atoms with Crippen molar-refractivity contribution in [2.45, 2.75) is 4.90 Å². The van der Waals surface area contributed by atoms with Crippen LogP contribution in [0.5, 0.6) is 0 Å². The number of nitrogens with one attached hydrogen (secondary N) is 1. The molecule has 1 amide bonds. The Morgan fingerprint density at radius 1 is 1.23 bits per heavy atom. The number of hydrogen-bond donors (Lipinski definition) is 2. The van der Waals surface area contributed by atoms with Crippen molar-refractivity contribution in [1.82, 2.24) is 14.2 Å². The van der Waals surface area contributed by atoms with Gasteiger partial charge in [0.25, 0.3) is 0 Å². The number of halogens is 2. The predicted molar refractivity (Wildman–Crippen MR) is 120 cm³/mol. The molecular formula is C18H16FIN4O4S2. The minimum Gasteiger partial charge on any atom is -0.465 e. The Bertz CT molecular complexity index is 1230. The highest BCUT2D eigenvalue weighted by Gasteiger charge is 2.34. The van der Waals surface area contributed by atoms with Gasteiger partial charge in [-0.1, -0.05) is 11.3 Å². The summed E-state index contributed by atoms with van der Waals surface area (Å²) >= 11 is 3.12. The second-order valence-electron chi connectivity index (χ2n) is 6.54. The van der Waals surface area contributed by atoms with Crippen LogP contribution in [-0.2, 0) is 10.0 Å². The normalized spacial score (nSPS) is 15.5. The Labute approximate surface area is 189 Å². The zero-order chi connectivity index (χ0) is 21.5. The van der Waals surface area contributed by atoms with Gasteiger partial charge in [0.15, 0.2) is 0 Å². The van der Waals surface area contributed by atoms with E-state index in [-0.39, 0.29) is 41.8 Å². The molecule has 30 heavy (non-hydrogen) atoms. The van der Waals surface area contributed by atoms with Crippen molar-refractivity contribution < 1.29 is 22.7 Å². The van der Waals surface area contributed by atoms with Crippen LogP contribution in [0.3, 0.4) is 0 Å².